The largest absolute Gasteiger partial charge is 0.488 e. The van der Waals surface area contributed by atoms with E-state index in [2.05, 4.69) is 15.8 Å². The lowest BCUT2D eigenvalue weighted by Crippen LogP contribution is -2.20. The summed E-state index contributed by atoms with van der Waals surface area (Å²) in [6.07, 6.45) is 1.35. The number of carbonyl (C=O) groups is 2. The number of amides is 2. The summed E-state index contributed by atoms with van der Waals surface area (Å²) in [5.41, 5.74) is 4.27. The monoisotopic (exact) mass is 487 g/mol. The topological polar surface area (TPSA) is 79.8 Å². The van der Waals surface area contributed by atoms with Gasteiger partial charge in [-0.15, -0.1) is 0 Å². The number of nitrogens with one attached hydrogen (secondary N) is 2. The van der Waals surface area contributed by atoms with Gasteiger partial charge in [-0.2, -0.15) is 5.10 Å². The van der Waals surface area contributed by atoms with Crippen LogP contribution in [0.5, 0.6) is 5.75 Å². The Bertz CT molecular complexity index is 1150. The van der Waals surface area contributed by atoms with Crippen LogP contribution >= 0.6 is 23.2 Å². The van der Waals surface area contributed by atoms with E-state index in [4.69, 9.17) is 27.9 Å². The fourth-order valence-electron chi connectivity index (χ4n) is 2.73. The van der Waals surface area contributed by atoms with Gasteiger partial charge in [-0.05, 0) is 48.5 Å². The number of anilines is 1. The van der Waals surface area contributed by atoms with Gasteiger partial charge in [-0.25, -0.2) is 9.82 Å². The molecule has 0 aliphatic rings. The maximum Gasteiger partial charge on any atom is 0.240 e. The van der Waals surface area contributed by atoms with E-state index in [0.717, 1.165) is 5.56 Å². The molecule has 0 saturated carbocycles. The zero-order valence-electron chi connectivity index (χ0n) is 17.4. The molecule has 2 amide bonds. The minimum Gasteiger partial charge on any atom is -0.488 e. The molecule has 3 aromatic carbocycles. The Balaban J connectivity index is 1.48. The van der Waals surface area contributed by atoms with Crippen molar-refractivity contribution in [1.29, 1.82) is 0 Å². The summed E-state index contributed by atoms with van der Waals surface area (Å²) in [4.78, 5) is 23.9. The van der Waals surface area contributed by atoms with E-state index in [0.29, 0.717) is 27.0 Å². The van der Waals surface area contributed by atoms with Crippen LogP contribution in [0.15, 0.2) is 71.8 Å². The van der Waals surface area contributed by atoms with Gasteiger partial charge in [0.2, 0.25) is 11.8 Å². The van der Waals surface area contributed by atoms with Crippen molar-refractivity contribution in [3.05, 3.63) is 93.7 Å². The van der Waals surface area contributed by atoms with Crippen LogP contribution in [0.25, 0.3) is 0 Å². The first kappa shape index (κ1) is 24.2. The number of ether oxygens (including phenoxy) is 1. The van der Waals surface area contributed by atoms with Crippen LogP contribution in [0.1, 0.15) is 24.0 Å². The van der Waals surface area contributed by atoms with Crippen LogP contribution in [0.3, 0.4) is 0 Å². The molecule has 3 aromatic rings. The summed E-state index contributed by atoms with van der Waals surface area (Å²) in [6, 6.07) is 17.7. The SMILES string of the molecule is O=C(CCC(=O)Nc1ccc(F)cc1)NN=Cc1ccccc1OCc1ccc(Cl)cc1Cl. The van der Waals surface area contributed by atoms with Crippen LogP contribution in [0.4, 0.5) is 10.1 Å². The highest BCUT2D eigenvalue weighted by molar-refractivity contribution is 6.35. The lowest BCUT2D eigenvalue weighted by atomic mass is 10.2. The average molecular weight is 488 g/mol. The molecule has 0 aliphatic heterocycles. The van der Waals surface area contributed by atoms with Crippen molar-refractivity contribution in [3.8, 4) is 5.75 Å². The van der Waals surface area contributed by atoms with Crippen LogP contribution in [0, 0.1) is 5.82 Å². The number of para-hydroxylation sites is 1. The number of rotatable bonds is 9. The molecule has 2 N–H and O–H groups in total. The molecule has 0 unspecified atom stereocenters. The summed E-state index contributed by atoms with van der Waals surface area (Å²) >= 11 is 12.1. The second-order valence-corrected chi connectivity index (χ2v) is 7.75. The van der Waals surface area contributed by atoms with Crippen molar-refractivity contribution in [2.45, 2.75) is 19.4 Å². The lowest BCUT2D eigenvalue weighted by Gasteiger charge is -2.10. The van der Waals surface area contributed by atoms with E-state index >= 15 is 0 Å². The normalized spacial score (nSPS) is 10.8. The van der Waals surface area contributed by atoms with Gasteiger partial charge in [0, 0.05) is 39.7 Å². The minimum atomic E-state index is -0.424. The van der Waals surface area contributed by atoms with E-state index in [1.807, 2.05) is 12.1 Å². The smallest absolute Gasteiger partial charge is 0.240 e. The highest BCUT2D eigenvalue weighted by atomic mass is 35.5. The molecule has 33 heavy (non-hydrogen) atoms. The lowest BCUT2D eigenvalue weighted by molar-refractivity contribution is -0.124. The van der Waals surface area contributed by atoms with Gasteiger partial charge in [0.15, 0.2) is 0 Å². The number of carbonyl (C=O) groups excluding carboxylic acids is 2. The zero-order chi connectivity index (χ0) is 23.6. The Morgan fingerprint density at radius 1 is 0.970 bits per heavy atom. The maximum atomic E-state index is 12.9. The van der Waals surface area contributed by atoms with Crippen molar-refractivity contribution < 1.29 is 18.7 Å². The Kier molecular flexibility index (Phi) is 8.80. The van der Waals surface area contributed by atoms with Gasteiger partial charge in [-0.1, -0.05) is 41.4 Å². The van der Waals surface area contributed by atoms with Gasteiger partial charge in [0.25, 0.3) is 0 Å². The quantitative estimate of drug-likeness (QED) is 0.305. The molecule has 3 rings (SSSR count). The van der Waals surface area contributed by atoms with Crippen molar-refractivity contribution in [2.75, 3.05) is 5.32 Å². The van der Waals surface area contributed by atoms with E-state index in [1.165, 1.54) is 30.5 Å². The third kappa shape index (κ3) is 7.89. The fourth-order valence-corrected chi connectivity index (χ4v) is 3.19. The van der Waals surface area contributed by atoms with Gasteiger partial charge in [0.1, 0.15) is 18.2 Å². The fraction of sp³-hybridized carbons (Fsp3) is 0.125. The Morgan fingerprint density at radius 3 is 2.45 bits per heavy atom. The first-order valence-corrected chi connectivity index (χ1v) is 10.7. The summed E-state index contributed by atoms with van der Waals surface area (Å²) < 4.78 is 18.7. The Labute approximate surface area is 200 Å². The first-order chi connectivity index (χ1) is 15.9. The van der Waals surface area contributed by atoms with Crippen molar-refractivity contribution in [1.82, 2.24) is 5.43 Å². The van der Waals surface area contributed by atoms with Crippen LogP contribution < -0.4 is 15.5 Å². The molecule has 0 atom stereocenters. The summed E-state index contributed by atoms with van der Waals surface area (Å²) in [5.74, 6) is -0.627. The van der Waals surface area contributed by atoms with Crippen molar-refractivity contribution in [3.63, 3.8) is 0 Å². The second kappa shape index (κ2) is 12.0. The molecule has 0 spiro atoms. The summed E-state index contributed by atoms with van der Waals surface area (Å²) in [7, 11) is 0. The third-order valence-corrected chi connectivity index (χ3v) is 5.00. The molecular formula is C24H20Cl2FN3O3. The van der Waals surface area contributed by atoms with Crippen molar-refractivity contribution >= 4 is 46.9 Å². The minimum absolute atomic E-state index is 0.0414. The average Bonchev–Trinajstić information content (AvgIpc) is 2.79. The predicted molar refractivity (Wildman–Crippen MR) is 127 cm³/mol. The molecule has 0 fully saturated rings. The Hall–Kier alpha value is -3.42. The molecule has 0 aliphatic carbocycles. The molecule has 0 saturated heterocycles. The van der Waals surface area contributed by atoms with Crippen LogP contribution in [-0.4, -0.2) is 18.0 Å². The molecule has 0 bridgehead atoms. The molecule has 6 nitrogen and oxygen atoms in total. The molecule has 0 aromatic heterocycles. The van der Waals surface area contributed by atoms with E-state index in [9.17, 15) is 14.0 Å². The number of halogens is 3. The van der Waals surface area contributed by atoms with Crippen LogP contribution in [-0.2, 0) is 16.2 Å². The second-order valence-electron chi connectivity index (χ2n) is 6.91. The predicted octanol–water partition coefficient (Wildman–Crippen LogP) is 5.58. The first-order valence-electron chi connectivity index (χ1n) is 9.94. The molecular weight excluding hydrogens is 468 g/mol. The highest BCUT2D eigenvalue weighted by Crippen LogP contribution is 2.24. The standard InChI is InChI=1S/C24H20Cl2FN3O3/c25-18-6-5-17(21(26)13-18)15-33-22-4-2-1-3-16(22)14-28-30-24(32)12-11-23(31)29-20-9-7-19(27)8-10-20/h1-10,13-14H,11-12,15H2,(H,29,31)(H,30,32). The number of benzene rings is 3. The van der Waals surface area contributed by atoms with Gasteiger partial charge < -0.3 is 10.1 Å². The van der Waals surface area contributed by atoms with E-state index < -0.39 is 11.7 Å². The summed E-state index contributed by atoms with van der Waals surface area (Å²) in [6.45, 7) is 0.233. The molecule has 0 radical (unpaired) electrons. The van der Waals surface area contributed by atoms with Gasteiger partial charge in [0.05, 0.1) is 6.21 Å². The Morgan fingerprint density at radius 2 is 1.70 bits per heavy atom. The highest BCUT2D eigenvalue weighted by Gasteiger charge is 2.08. The summed E-state index contributed by atoms with van der Waals surface area (Å²) in [5, 5.41) is 7.57. The third-order valence-electron chi connectivity index (χ3n) is 4.42. The molecule has 0 heterocycles. The number of hydrogen-bond acceptors (Lipinski definition) is 4. The van der Waals surface area contributed by atoms with E-state index in [1.54, 1.807) is 30.3 Å². The van der Waals surface area contributed by atoms with Crippen molar-refractivity contribution in [2.24, 2.45) is 5.10 Å². The number of hydrogen-bond donors (Lipinski definition) is 2. The molecule has 170 valence electrons. The molecule has 9 heteroatoms. The zero-order valence-corrected chi connectivity index (χ0v) is 18.9. The van der Waals surface area contributed by atoms with E-state index in [-0.39, 0.29) is 25.4 Å². The van der Waals surface area contributed by atoms with Gasteiger partial charge in [-0.3, -0.25) is 9.59 Å². The van der Waals surface area contributed by atoms with Crippen LogP contribution in [0.2, 0.25) is 10.0 Å². The number of hydrazone groups is 1. The number of nitrogens with zero attached hydrogens (tertiary/aromatic N) is 1. The van der Waals surface area contributed by atoms with Gasteiger partial charge >= 0.3 is 0 Å². The maximum absolute atomic E-state index is 12.9.